The summed E-state index contributed by atoms with van der Waals surface area (Å²) in [6.45, 7) is 3.84. The number of carbonyl (C=O) groups excluding carboxylic acids is 1. The lowest BCUT2D eigenvalue weighted by Crippen LogP contribution is -2.13. The smallest absolute Gasteiger partial charge is 0.158 e. The molecule has 0 aliphatic heterocycles. The fourth-order valence-electron chi connectivity index (χ4n) is 0.978. The molecular formula is C10H11NO3. The van der Waals surface area contributed by atoms with Crippen LogP contribution in [0.4, 0.5) is 0 Å². The first-order valence-corrected chi connectivity index (χ1v) is 4.04. The fourth-order valence-corrected chi connectivity index (χ4v) is 0.978. The van der Waals surface area contributed by atoms with E-state index in [4.69, 9.17) is 5.11 Å². The molecule has 0 bridgehead atoms. The van der Waals surface area contributed by atoms with Gasteiger partial charge in [-0.25, -0.2) is 0 Å². The van der Waals surface area contributed by atoms with Crippen LogP contribution < -0.4 is 5.32 Å². The highest BCUT2D eigenvalue weighted by Crippen LogP contribution is 2.26. The van der Waals surface area contributed by atoms with E-state index in [9.17, 15) is 9.90 Å². The minimum Gasteiger partial charge on any atom is -0.504 e. The van der Waals surface area contributed by atoms with E-state index in [0.29, 0.717) is 17.5 Å². The zero-order valence-electron chi connectivity index (χ0n) is 7.53. The normalized spacial score (nSPS) is 9.43. The molecule has 0 atom stereocenters. The number of hydrogen-bond acceptors (Lipinski definition) is 4. The van der Waals surface area contributed by atoms with Gasteiger partial charge in [-0.05, 0) is 18.2 Å². The largest absolute Gasteiger partial charge is 0.504 e. The molecule has 4 heteroatoms. The summed E-state index contributed by atoms with van der Waals surface area (Å²) in [4.78, 5) is 10.1. The van der Waals surface area contributed by atoms with E-state index in [0.717, 1.165) is 0 Å². The lowest BCUT2D eigenvalue weighted by molar-refractivity contribution is -0.107. The van der Waals surface area contributed by atoms with Crippen LogP contribution in [0.2, 0.25) is 0 Å². The second-order valence-corrected chi connectivity index (χ2v) is 2.73. The summed E-state index contributed by atoms with van der Waals surface area (Å²) in [5.74, 6) is -0.395. The van der Waals surface area contributed by atoms with Crippen molar-refractivity contribution in [2.75, 3.05) is 6.54 Å². The molecule has 3 N–H and O–H groups in total. The Kier molecular flexibility index (Phi) is 3.12. The van der Waals surface area contributed by atoms with E-state index >= 15 is 0 Å². The lowest BCUT2D eigenvalue weighted by atomic mass is 10.1. The van der Waals surface area contributed by atoms with Crippen LogP contribution in [-0.4, -0.2) is 23.0 Å². The van der Waals surface area contributed by atoms with Crippen molar-refractivity contribution in [1.82, 2.24) is 5.32 Å². The van der Waals surface area contributed by atoms with E-state index in [1.165, 1.54) is 12.1 Å². The van der Waals surface area contributed by atoms with Crippen molar-refractivity contribution in [3.05, 3.63) is 30.3 Å². The number of hydrogen-bond donors (Lipinski definition) is 3. The van der Waals surface area contributed by atoms with E-state index in [2.05, 4.69) is 11.9 Å². The molecule has 0 spiro atoms. The molecule has 4 nitrogen and oxygen atoms in total. The molecule has 74 valence electrons. The van der Waals surface area contributed by atoms with Crippen LogP contribution in [-0.2, 0) is 4.79 Å². The van der Waals surface area contributed by atoms with Crippen LogP contribution >= 0.6 is 0 Å². The van der Waals surface area contributed by atoms with Gasteiger partial charge in [0.05, 0.1) is 6.54 Å². The number of aromatic hydroxyl groups is 2. The molecule has 1 aromatic rings. The SMILES string of the molecule is C=C(NCC=O)c1ccc(O)c(O)c1. The number of phenols is 2. The number of rotatable bonds is 4. The van der Waals surface area contributed by atoms with Gasteiger partial charge in [-0.1, -0.05) is 6.58 Å². The number of benzene rings is 1. The van der Waals surface area contributed by atoms with Gasteiger partial charge in [0.1, 0.15) is 6.29 Å². The topological polar surface area (TPSA) is 69.6 Å². The average Bonchev–Trinajstić information content (AvgIpc) is 2.18. The fraction of sp³-hybridized carbons (Fsp3) is 0.100. The van der Waals surface area contributed by atoms with Crippen molar-refractivity contribution in [2.45, 2.75) is 0 Å². The Balaban J connectivity index is 2.80. The predicted molar refractivity (Wildman–Crippen MR) is 52.9 cm³/mol. The number of nitrogens with one attached hydrogen (secondary N) is 1. The molecule has 0 aromatic heterocycles. The number of phenolic OH excluding ortho intramolecular Hbond substituents is 2. The zero-order valence-corrected chi connectivity index (χ0v) is 7.53. The minimum atomic E-state index is -0.212. The van der Waals surface area contributed by atoms with Crippen LogP contribution in [0.1, 0.15) is 5.56 Å². The van der Waals surface area contributed by atoms with Crippen molar-refractivity contribution < 1.29 is 15.0 Å². The summed E-state index contributed by atoms with van der Waals surface area (Å²) < 4.78 is 0. The molecule has 0 radical (unpaired) electrons. The average molecular weight is 193 g/mol. The summed E-state index contributed by atoms with van der Waals surface area (Å²) in [7, 11) is 0. The van der Waals surface area contributed by atoms with Crippen LogP contribution in [0, 0.1) is 0 Å². The van der Waals surface area contributed by atoms with Crippen molar-refractivity contribution in [2.24, 2.45) is 0 Å². The zero-order chi connectivity index (χ0) is 10.6. The first-order chi connectivity index (χ1) is 6.65. The van der Waals surface area contributed by atoms with Gasteiger partial charge in [-0.3, -0.25) is 0 Å². The van der Waals surface area contributed by atoms with E-state index < -0.39 is 0 Å². The summed E-state index contributed by atoms with van der Waals surface area (Å²) in [6, 6.07) is 4.32. The Morgan fingerprint density at radius 1 is 1.43 bits per heavy atom. The highest BCUT2D eigenvalue weighted by atomic mass is 16.3. The van der Waals surface area contributed by atoms with Crippen molar-refractivity contribution in [3.8, 4) is 11.5 Å². The Morgan fingerprint density at radius 2 is 2.14 bits per heavy atom. The highest BCUT2D eigenvalue weighted by Gasteiger charge is 2.02. The maximum Gasteiger partial charge on any atom is 0.158 e. The van der Waals surface area contributed by atoms with Crippen LogP contribution in [0.15, 0.2) is 24.8 Å². The third-order valence-corrected chi connectivity index (χ3v) is 1.72. The molecule has 0 heterocycles. The summed E-state index contributed by atoms with van der Waals surface area (Å²) in [6.07, 6.45) is 0.714. The first kappa shape index (κ1) is 10.1. The Morgan fingerprint density at radius 3 is 2.71 bits per heavy atom. The number of aldehydes is 1. The Labute approximate surface area is 81.5 Å². The standard InChI is InChI=1S/C10H11NO3/c1-7(11-4-5-12)8-2-3-9(13)10(14)6-8/h2-3,5-6,11,13-14H,1,4H2. The van der Waals surface area contributed by atoms with Crippen molar-refractivity contribution >= 4 is 12.0 Å². The van der Waals surface area contributed by atoms with Gasteiger partial charge in [0.25, 0.3) is 0 Å². The molecule has 1 aromatic carbocycles. The molecule has 0 amide bonds. The summed E-state index contributed by atoms with van der Waals surface area (Å²) >= 11 is 0. The van der Waals surface area contributed by atoms with Crippen molar-refractivity contribution in [3.63, 3.8) is 0 Å². The lowest BCUT2D eigenvalue weighted by Gasteiger charge is -2.07. The molecule has 0 saturated heterocycles. The maximum atomic E-state index is 10.1. The van der Waals surface area contributed by atoms with Gasteiger partial charge in [0.2, 0.25) is 0 Å². The van der Waals surface area contributed by atoms with Crippen LogP contribution in [0.25, 0.3) is 5.70 Å². The van der Waals surface area contributed by atoms with Gasteiger partial charge in [0, 0.05) is 11.3 Å². The van der Waals surface area contributed by atoms with E-state index in [-0.39, 0.29) is 18.0 Å². The summed E-state index contributed by atoms with van der Waals surface area (Å²) in [5, 5.41) is 21.0. The van der Waals surface area contributed by atoms with Crippen LogP contribution in [0.5, 0.6) is 11.5 Å². The van der Waals surface area contributed by atoms with Crippen molar-refractivity contribution in [1.29, 1.82) is 0 Å². The molecule has 0 aliphatic carbocycles. The molecule has 14 heavy (non-hydrogen) atoms. The monoisotopic (exact) mass is 193 g/mol. The van der Waals surface area contributed by atoms with E-state index in [1.807, 2.05) is 0 Å². The summed E-state index contributed by atoms with van der Waals surface area (Å²) in [5.41, 5.74) is 1.15. The minimum absolute atomic E-state index is 0.167. The van der Waals surface area contributed by atoms with Gasteiger partial charge < -0.3 is 20.3 Å². The number of carbonyl (C=O) groups is 1. The van der Waals surface area contributed by atoms with Crippen LogP contribution in [0.3, 0.4) is 0 Å². The maximum absolute atomic E-state index is 10.1. The van der Waals surface area contributed by atoms with Gasteiger partial charge in [0.15, 0.2) is 11.5 Å². The molecule has 0 saturated carbocycles. The van der Waals surface area contributed by atoms with Gasteiger partial charge in [-0.2, -0.15) is 0 Å². The predicted octanol–water partition coefficient (Wildman–Crippen LogP) is 0.857. The van der Waals surface area contributed by atoms with Gasteiger partial charge in [-0.15, -0.1) is 0 Å². The van der Waals surface area contributed by atoms with E-state index in [1.54, 1.807) is 6.07 Å². The third kappa shape index (κ3) is 2.26. The highest BCUT2D eigenvalue weighted by molar-refractivity contribution is 5.67. The molecule has 0 aliphatic rings. The first-order valence-electron chi connectivity index (χ1n) is 4.04. The molecule has 0 fully saturated rings. The quantitative estimate of drug-likeness (QED) is 0.490. The molecule has 0 unspecified atom stereocenters. The Bertz CT molecular complexity index is 360. The second kappa shape index (κ2) is 4.32. The Hall–Kier alpha value is -1.97. The molecule has 1 rings (SSSR count). The van der Waals surface area contributed by atoms with Gasteiger partial charge >= 0.3 is 0 Å². The second-order valence-electron chi connectivity index (χ2n) is 2.73. The molecular weight excluding hydrogens is 182 g/mol. The third-order valence-electron chi connectivity index (χ3n) is 1.72.